The number of phenolic OH excluding ortho intramolecular Hbond substituents is 1. The normalized spacial score (nSPS) is 10.1. The smallest absolute Gasteiger partial charge is 0.270 e. The molecule has 0 saturated heterocycles. The maximum absolute atomic E-state index is 11.6. The molecule has 3 N–H and O–H groups in total. The van der Waals surface area contributed by atoms with E-state index in [1.54, 1.807) is 0 Å². The van der Waals surface area contributed by atoms with Crippen molar-refractivity contribution >= 4 is 23.5 Å². The fraction of sp³-hybridized carbons (Fsp3) is 0. The highest BCUT2D eigenvalue weighted by Crippen LogP contribution is 2.22. The highest BCUT2D eigenvalue weighted by molar-refractivity contribution is 6.30. The number of anilines is 1. The van der Waals surface area contributed by atoms with Crippen molar-refractivity contribution < 1.29 is 9.90 Å². The second kappa shape index (κ2) is 4.15. The molecule has 0 unspecified atom stereocenters. The highest BCUT2D eigenvalue weighted by Gasteiger charge is 2.13. The zero-order valence-corrected chi connectivity index (χ0v) is 8.56. The van der Waals surface area contributed by atoms with Gasteiger partial charge in [-0.3, -0.25) is 10.1 Å². The van der Waals surface area contributed by atoms with E-state index in [-0.39, 0.29) is 17.3 Å². The Morgan fingerprint density at radius 3 is 2.94 bits per heavy atom. The van der Waals surface area contributed by atoms with Crippen LogP contribution in [-0.2, 0) is 0 Å². The molecule has 2 rings (SSSR count). The number of amides is 1. The summed E-state index contributed by atoms with van der Waals surface area (Å²) >= 11 is 5.63. The van der Waals surface area contributed by atoms with Crippen LogP contribution < -0.4 is 5.32 Å². The molecule has 0 aliphatic carbocycles. The molecule has 0 atom stereocenters. The summed E-state index contributed by atoms with van der Waals surface area (Å²) in [5.74, 6) is -0.733. The van der Waals surface area contributed by atoms with E-state index in [1.165, 1.54) is 18.2 Å². The van der Waals surface area contributed by atoms with Gasteiger partial charge in [-0.15, -0.1) is 5.10 Å². The van der Waals surface area contributed by atoms with Gasteiger partial charge in [0.05, 0.1) is 5.56 Å². The SMILES string of the molecule is O=C(Nc1nn[nH]n1)c1ccc(Cl)cc1O. The van der Waals surface area contributed by atoms with E-state index >= 15 is 0 Å². The summed E-state index contributed by atoms with van der Waals surface area (Å²) < 4.78 is 0. The highest BCUT2D eigenvalue weighted by atomic mass is 35.5. The van der Waals surface area contributed by atoms with Crippen LogP contribution in [0.25, 0.3) is 0 Å². The van der Waals surface area contributed by atoms with Gasteiger partial charge in [-0.1, -0.05) is 16.7 Å². The summed E-state index contributed by atoms with van der Waals surface area (Å²) in [7, 11) is 0. The number of carbonyl (C=O) groups excluding carboxylic acids is 1. The second-order valence-corrected chi connectivity index (χ2v) is 3.29. The van der Waals surface area contributed by atoms with Crippen LogP contribution in [0, 0.1) is 0 Å². The van der Waals surface area contributed by atoms with Gasteiger partial charge < -0.3 is 5.11 Å². The molecule has 1 heterocycles. The number of H-pyrrole nitrogens is 1. The van der Waals surface area contributed by atoms with Crippen LogP contribution in [0.4, 0.5) is 5.95 Å². The van der Waals surface area contributed by atoms with Crippen LogP contribution in [0.15, 0.2) is 18.2 Å². The summed E-state index contributed by atoms with van der Waals surface area (Å²) in [6.07, 6.45) is 0. The van der Waals surface area contributed by atoms with E-state index in [1.807, 2.05) is 0 Å². The van der Waals surface area contributed by atoms with Crippen molar-refractivity contribution in [2.24, 2.45) is 0 Å². The first-order valence-electron chi connectivity index (χ1n) is 4.20. The van der Waals surface area contributed by atoms with Crippen molar-refractivity contribution in [2.75, 3.05) is 5.32 Å². The Hall–Kier alpha value is -2.15. The minimum Gasteiger partial charge on any atom is -0.507 e. The van der Waals surface area contributed by atoms with Crippen molar-refractivity contribution in [1.29, 1.82) is 0 Å². The molecule has 2 aromatic rings. The summed E-state index contributed by atoms with van der Waals surface area (Å²) in [6, 6.07) is 4.16. The van der Waals surface area contributed by atoms with Gasteiger partial charge in [0.25, 0.3) is 11.9 Å². The van der Waals surface area contributed by atoms with Crippen LogP contribution in [0.2, 0.25) is 5.02 Å². The number of benzene rings is 1. The Bertz CT molecular complexity index is 513. The van der Waals surface area contributed by atoms with E-state index in [0.29, 0.717) is 5.02 Å². The number of aromatic amines is 1. The molecule has 1 aromatic carbocycles. The quantitative estimate of drug-likeness (QED) is 0.719. The lowest BCUT2D eigenvalue weighted by atomic mass is 10.2. The summed E-state index contributed by atoms with van der Waals surface area (Å²) in [5, 5.41) is 24.7. The van der Waals surface area contributed by atoms with Gasteiger partial charge >= 0.3 is 0 Å². The van der Waals surface area contributed by atoms with Gasteiger partial charge in [0.15, 0.2) is 0 Å². The maximum Gasteiger partial charge on any atom is 0.270 e. The number of hydrogen-bond donors (Lipinski definition) is 3. The molecule has 82 valence electrons. The number of tetrazole rings is 1. The molecule has 0 aliphatic rings. The molecule has 7 nitrogen and oxygen atoms in total. The molecule has 0 fully saturated rings. The Morgan fingerprint density at radius 1 is 1.50 bits per heavy atom. The molecular weight excluding hydrogens is 234 g/mol. The van der Waals surface area contributed by atoms with Gasteiger partial charge in [0.1, 0.15) is 5.75 Å². The van der Waals surface area contributed by atoms with E-state index in [2.05, 4.69) is 25.9 Å². The number of nitrogens with one attached hydrogen (secondary N) is 2. The minimum atomic E-state index is -0.546. The van der Waals surface area contributed by atoms with Gasteiger partial charge in [-0.2, -0.15) is 5.21 Å². The van der Waals surface area contributed by atoms with Crippen molar-refractivity contribution in [3.8, 4) is 5.75 Å². The number of carbonyl (C=O) groups is 1. The topological polar surface area (TPSA) is 104 Å². The van der Waals surface area contributed by atoms with Crippen molar-refractivity contribution in [1.82, 2.24) is 20.6 Å². The van der Waals surface area contributed by atoms with Crippen molar-refractivity contribution in [2.45, 2.75) is 0 Å². The predicted molar refractivity (Wildman–Crippen MR) is 55.2 cm³/mol. The molecule has 1 amide bonds. The first-order valence-corrected chi connectivity index (χ1v) is 4.58. The fourth-order valence-corrected chi connectivity index (χ4v) is 1.25. The molecule has 8 heteroatoms. The molecule has 0 bridgehead atoms. The second-order valence-electron chi connectivity index (χ2n) is 2.85. The lowest BCUT2D eigenvalue weighted by Gasteiger charge is -2.03. The van der Waals surface area contributed by atoms with Crippen molar-refractivity contribution in [3.05, 3.63) is 28.8 Å². The van der Waals surface area contributed by atoms with Gasteiger partial charge in [-0.05, 0) is 23.4 Å². The third-order valence-corrected chi connectivity index (χ3v) is 2.01. The Balaban J connectivity index is 2.21. The molecular formula is C8H6ClN5O2. The van der Waals surface area contributed by atoms with Crippen molar-refractivity contribution in [3.63, 3.8) is 0 Å². The standard InChI is InChI=1S/C8H6ClN5O2/c9-4-1-2-5(6(15)3-4)7(16)10-8-11-13-14-12-8/h1-3,15H,(H2,10,11,12,13,14,16). The van der Waals surface area contributed by atoms with Crippen LogP contribution in [0.3, 0.4) is 0 Å². The van der Waals surface area contributed by atoms with Crippen LogP contribution in [0.1, 0.15) is 10.4 Å². The fourth-order valence-electron chi connectivity index (χ4n) is 1.08. The monoisotopic (exact) mass is 239 g/mol. The summed E-state index contributed by atoms with van der Waals surface area (Å²) in [5.41, 5.74) is 0.0780. The number of halogens is 1. The zero-order chi connectivity index (χ0) is 11.5. The van der Waals surface area contributed by atoms with Gasteiger partial charge in [0.2, 0.25) is 0 Å². The van der Waals surface area contributed by atoms with Crippen LogP contribution in [0.5, 0.6) is 5.75 Å². The van der Waals surface area contributed by atoms with Gasteiger partial charge in [0, 0.05) is 5.02 Å². The van der Waals surface area contributed by atoms with E-state index in [4.69, 9.17) is 11.6 Å². The predicted octanol–water partition coefficient (Wildman–Crippen LogP) is 0.811. The third-order valence-electron chi connectivity index (χ3n) is 1.78. The summed E-state index contributed by atoms with van der Waals surface area (Å²) in [6.45, 7) is 0. The zero-order valence-electron chi connectivity index (χ0n) is 7.81. The van der Waals surface area contributed by atoms with E-state index in [9.17, 15) is 9.90 Å². The number of nitrogens with zero attached hydrogens (tertiary/aromatic N) is 3. The lowest BCUT2D eigenvalue weighted by molar-refractivity contribution is 0.102. The average molecular weight is 240 g/mol. The molecule has 0 radical (unpaired) electrons. The first-order chi connectivity index (χ1) is 7.66. The Labute approximate surface area is 94.4 Å². The van der Waals surface area contributed by atoms with E-state index < -0.39 is 5.91 Å². The number of hydrogen-bond acceptors (Lipinski definition) is 5. The van der Waals surface area contributed by atoms with Crippen LogP contribution >= 0.6 is 11.6 Å². The molecule has 0 spiro atoms. The number of aromatic hydroxyl groups is 1. The van der Waals surface area contributed by atoms with Gasteiger partial charge in [-0.25, -0.2) is 0 Å². The largest absolute Gasteiger partial charge is 0.507 e. The molecule has 0 aliphatic heterocycles. The average Bonchev–Trinajstić information content (AvgIpc) is 2.70. The number of rotatable bonds is 2. The Morgan fingerprint density at radius 2 is 2.31 bits per heavy atom. The Kier molecular flexibility index (Phi) is 2.69. The number of aromatic nitrogens is 4. The van der Waals surface area contributed by atoms with E-state index in [0.717, 1.165) is 0 Å². The third kappa shape index (κ3) is 2.09. The minimum absolute atomic E-state index is 0.0272. The van der Waals surface area contributed by atoms with Crippen LogP contribution in [-0.4, -0.2) is 31.6 Å². The first kappa shape index (κ1) is 10.4. The molecule has 1 aromatic heterocycles. The maximum atomic E-state index is 11.6. The molecule has 16 heavy (non-hydrogen) atoms. The molecule has 0 saturated carbocycles. The number of phenols is 1. The summed E-state index contributed by atoms with van der Waals surface area (Å²) in [4.78, 5) is 11.6. The lowest BCUT2D eigenvalue weighted by Crippen LogP contribution is -2.13.